The highest BCUT2D eigenvalue weighted by atomic mass is 32.2. The Balaban J connectivity index is 1.39. The second-order valence-corrected chi connectivity index (χ2v) is 13.9. The predicted octanol–water partition coefficient (Wildman–Crippen LogP) is 4.44. The van der Waals surface area contributed by atoms with Gasteiger partial charge >= 0.3 is 0 Å². The number of nitrogens with zero attached hydrogens (tertiary/aromatic N) is 1. The lowest BCUT2D eigenvalue weighted by Crippen LogP contribution is -2.55. The molecular formula is C27H40N2O4S. The highest BCUT2D eigenvalue weighted by Gasteiger charge is 2.53. The van der Waals surface area contributed by atoms with Crippen LogP contribution in [-0.2, 0) is 14.8 Å². The van der Waals surface area contributed by atoms with Crippen molar-refractivity contribution in [2.45, 2.75) is 96.3 Å². The van der Waals surface area contributed by atoms with Crippen molar-refractivity contribution in [3.63, 3.8) is 0 Å². The van der Waals surface area contributed by atoms with Crippen LogP contribution < -0.4 is 5.32 Å². The number of benzene rings is 1. The lowest BCUT2D eigenvalue weighted by Gasteiger charge is -2.59. The van der Waals surface area contributed by atoms with Gasteiger partial charge in [-0.2, -0.15) is 4.31 Å². The summed E-state index contributed by atoms with van der Waals surface area (Å²) in [6, 6.07) is 3.52. The number of carbonyl (C=O) groups excluding carboxylic acids is 1. The summed E-state index contributed by atoms with van der Waals surface area (Å²) in [7, 11) is -3.73. The molecule has 0 aromatic heterocycles. The molecule has 0 spiro atoms. The van der Waals surface area contributed by atoms with Crippen molar-refractivity contribution in [2.75, 3.05) is 13.1 Å². The van der Waals surface area contributed by atoms with Gasteiger partial charge in [0.05, 0.1) is 17.1 Å². The number of aryl methyl sites for hydroxylation is 1. The van der Waals surface area contributed by atoms with Crippen molar-refractivity contribution < 1.29 is 17.9 Å². The normalized spacial score (nSPS) is 36.4. The molecule has 1 aromatic rings. The zero-order valence-corrected chi connectivity index (χ0v) is 22.1. The summed E-state index contributed by atoms with van der Waals surface area (Å²) in [6.07, 6.45) is 7.46. The predicted molar refractivity (Wildman–Crippen MR) is 132 cm³/mol. The molecule has 4 bridgehead atoms. The smallest absolute Gasteiger partial charge is 0.251 e. The van der Waals surface area contributed by atoms with E-state index in [0.717, 1.165) is 23.3 Å². The van der Waals surface area contributed by atoms with Gasteiger partial charge < -0.3 is 10.1 Å². The Hall–Kier alpha value is -1.44. The van der Waals surface area contributed by atoms with Gasteiger partial charge in [-0.15, -0.1) is 0 Å². The summed E-state index contributed by atoms with van der Waals surface area (Å²) in [6.45, 7) is 10.3. The second-order valence-electron chi connectivity index (χ2n) is 12.0. The molecule has 1 saturated heterocycles. The van der Waals surface area contributed by atoms with Crippen LogP contribution in [0.5, 0.6) is 0 Å². The molecule has 7 heteroatoms. The van der Waals surface area contributed by atoms with Crippen molar-refractivity contribution in [1.82, 2.24) is 9.62 Å². The molecule has 0 radical (unpaired) electrons. The summed E-state index contributed by atoms with van der Waals surface area (Å²) in [5.41, 5.74) is 2.17. The Labute approximate surface area is 204 Å². The van der Waals surface area contributed by atoms with Crippen LogP contribution in [-0.4, -0.2) is 50.0 Å². The number of rotatable bonds is 5. The van der Waals surface area contributed by atoms with Crippen LogP contribution in [0.2, 0.25) is 0 Å². The van der Waals surface area contributed by atoms with E-state index in [1.807, 2.05) is 33.8 Å². The van der Waals surface area contributed by atoms with E-state index >= 15 is 0 Å². The summed E-state index contributed by atoms with van der Waals surface area (Å²) in [4.78, 5) is 13.7. The SMILES string of the molecule is Cc1cc(C(=O)NC(C)C23CC4CC(CC(C4)C2)C3)cc(S(=O)(=O)N2CC(C)OC(C)C2)c1C. The molecule has 1 amide bonds. The fraction of sp³-hybridized carbons (Fsp3) is 0.741. The number of morpholine rings is 1. The van der Waals surface area contributed by atoms with Crippen LogP contribution in [0.3, 0.4) is 0 Å². The molecular weight excluding hydrogens is 448 g/mol. The minimum atomic E-state index is -3.73. The van der Waals surface area contributed by atoms with E-state index in [2.05, 4.69) is 12.2 Å². The van der Waals surface area contributed by atoms with E-state index in [1.165, 1.54) is 42.8 Å². The minimum absolute atomic E-state index is 0.0935. The molecule has 1 heterocycles. The van der Waals surface area contributed by atoms with Gasteiger partial charge in [0.25, 0.3) is 5.91 Å². The molecule has 4 aliphatic carbocycles. The number of sulfonamides is 1. The van der Waals surface area contributed by atoms with Gasteiger partial charge in [-0.25, -0.2) is 8.42 Å². The van der Waals surface area contributed by atoms with Gasteiger partial charge in [-0.05, 0) is 120 Å². The molecule has 1 N–H and O–H groups in total. The maximum absolute atomic E-state index is 13.6. The third-order valence-electron chi connectivity index (χ3n) is 9.24. The average molecular weight is 489 g/mol. The van der Waals surface area contributed by atoms with Crippen molar-refractivity contribution in [3.8, 4) is 0 Å². The number of carbonyl (C=O) groups is 1. The molecule has 4 saturated carbocycles. The second kappa shape index (κ2) is 8.59. The Morgan fingerprint density at radius 2 is 1.56 bits per heavy atom. The fourth-order valence-electron chi connectivity index (χ4n) is 7.83. The molecule has 3 atom stereocenters. The van der Waals surface area contributed by atoms with E-state index in [4.69, 9.17) is 4.74 Å². The topological polar surface area (TPSA) is 75.7 Å². The molecule has 6 nitrogen and oxygen atoms in total. The van der Waals surface area contributed by atoms with E-state index in [9.17, 15) is 13.2 Å². The Morgan fingerprint density at radius 1 is 1.03 bits per heavy atom. The van der Waals surface area contributed by atoms with Crippen LogP contribution in [0.15, 0.2) is 17.0 Å². The summed E-state index contributed by atoms with van der Waals surface area (Å²) in [5, 5.41) is 3.30. The number of nitrogens with one attached hydrogen (secondary N) is 1. The number of hydrogen-bond acceptors (Lipinski definition) is 4. The Kier molecular flexibility index (Phi) is 6.13. The molecule has 6 rings (SSSR count). The van der Waals surface area contributed by atoms with Gasteiger partial charge in [-0.1, -0.05) is 0 Å². The van der Waals surface area contributed by atoms with E-state index in [0.29, 0.717) is 24.2 Å². The summed E-state index contributed by atoms with van der Waals surface area (Å²) < 4.78 is 34.5. The molecule has 1 aliphatic heterocycles. The fourth-order valence-corrected chi connectivity index (χ4v) is 9.75. The van der Waals surface area contributed by atoms with Crippen LogP contribution in [0.1, 0.15) is 80.8 Å². The first kappa shape index (κ1) is 24.3. The third-order valence-corrected chi connectivity index (χ3v) is 11.2. The molecule has 3 unspecified atom stereocenters. The largest absolute Gasteiger partial charge is 0.373 e. The van der Waals surface area contributed by atoms with Crippen molar-refractivity contribution in [3.05, 3.63) is 28.8 Å². The first-order chi connectivity index (χ1) is 16.0. The molecule has 1 aromatic carbocycles. The van der Waals surface area contributed by atoms with E-state index in [1.54, 1.807) is 6.07 Å². The van der Waals surface area contributed by atoms with Crippen LogP contribution >= 0.6 is 0 Å². The highest BCUT2D eigenvalue weighted by Crippen LogP contribution is 2.61. The zero-order chi connectivity index (χ0) is 24.4. The van der Waals surface area contributed by atoms with Gasteiger partial charge in [-0.3, -0.25) is 4.79 Å². The maximum Gasteiger partial charge on any atom is 0.251 e. The first-order valence-electron chi connectivity index (χ1n) is 13.0. The third kappa shape index (κ3) is 4.22. The lowest BCUT2D eigenvalue weighted by atomic mass is 9.48. The van der Waals surface area contributed by atoms with Crippen LogP contribution in [0, 0.1) is 37.0 Å². The monoisotopic (exact) mass is 488 g/mol. The highest BCUT2D eigenvalue weighted by molar-refractivity contribution is 7.89. The van der Waals surface area contributed by atoms with Crippen LogP contribution in [0.25, 0.3) is 0 Å². The maximum atomic E-state index is 13.6. The molecule has 188 valence electrons. The summed E-state index contributed by atoms with van der Waals surface area (Å²) >= 11 is 0. The van der Waals surface area contributed by atoms with Gasteiger partial charge in [0.15, 0.2) is 0 Å². The lowest BCUT2D eigenvalue weighted by molar-refractivity contribution is -0.0688. The first-order valence-corrected chi connectivity index (χ1v) is 14.5. The number of ether oxygens (including phenoxy) is 1. The molecule has 5 fully saturated rings. The summed E-state index contributed by atoms with van der Waals surface area (Å²) in [5.74, 6) is 2.30. The van der Waals surface area contributed by atoms with Crippen molar-refractivity contribution >= 4 is 15.9 Å². The van der Waals surface area contributed by atoms with E-state index in [-0.39, 0.29) is 34.5 Å². The molecule has 34 heavy (non-hydrogen) atoms. The van der Waals surface area contributed by atoms with Crippen LogP contribution in [0.4, 0.5) is 0 Å². The molecule has 5 aliphatic rings. The zero-order valence-electron chi connectivity index (χ0n) is 21.3. The standard InChI is InChI=1S/C27H40N2O4S/c1-16-6-24(10-25(19(16)4)34(31,32)29-14-17(2)33-18(3)15-29)26(30)28-20(5)27-11-21-7-22(12-27)9-23(8-21)13-27/h6,10,17-18,20-23H,7-9,11-15H2,1-5H3,(H,28,30). The van der Waals surface area contributed by atoms with E-state index < -0.39 is 10.0 Å². The van der Waals surface area contributed by atoms with Crippen molar-refractivity contribution in [1.29, 1.82) is 0 Å². The number of hydrogen-bond donors (Lipinski definition) is 1. The van der Waals surface area contributed by atoms with Gasteiger partial charge in [0.1, 0.15) is 0 Å². The van der Waals surface area contributed by atoms with Gasteiger partial charge in [0.2, 0.25) is 10.0 Å². The number of amides is 1. The average Bonchev–Trinajstić information content (AvgIpc) is 2.73. The van der Waals surface area contributed by atoms with Gasteiger partial charge in [0, 0.05) is 24.7 Å². The Bertz CT molecular complexity index is 1040. The minimum Gasteiger partial charge on any atom is -0.373 e. The van der Waals surface area contributed by atoms with Crippen molar-refractivity contribution in [2.24, 2.45) is 23.2 Å². The quantitative estimate of drug-likeness (QED) is 0.665. The Morgan fingerprint density at radius 3 is 2.09 bits per heavy atom.